The summed E-state index contributed by atoms with van der Waals surface area (Å²) in [5.74, 6) is 0. The summed E-state index contributed by atoms with van der Waals surface area (Å²) in [6.45, 7) is 5.87. The molecule has 0 aromatic heterocycles. The predicted molar refractivity (Wildman–Crippen MR) is 96.7 cm³/mol. The van der Waals surface area contributed by atoms with Gasteiger partial charge in [-0.1, -0.05) is 30.3 Å². The smallest absolute Gasteiger partial charge is 0.0518 e. The number of ether oxygens (including phenoxy) is 1. The normalized spacial score (nSPS) is 10.9. The molecule has 0 aliphatic rings. The molecule has 1 N–H and O–H groups in total. The van der Waals surface area contributed by atoms with Crippen LogP contribution in [0.25, 0.3) is 11.1 Å². The van der Waals surface area contributed by atoms with Crippen LogP contribution in [0.3, 0.4) is 0 Å². The minimum atomic E-state index is 0.311. The van der Waals surface area contributed by atoms with Crippen LogP contribution in [-0.4, -0.2) is 25.5 Å². The Morgan fingerprint density at radius 2 is 1.95 bits per heavy atom. The summed E-state index contributed by atoms with van der Waals surface area (Å²) in [7, 11) is 0. The van der Waals surface area contributed by atoms with E-state index in [1.165, 1.54) is 21.7 Å². The van der Waals surface area contributed by atoms with Crippen molar-refractivity contribution in [3.8, 4) is 11.1 Å². The van der Waals surface area contributed by atoms with E-state index in [1.807, 2.05) is 12.1 Å². The number of anilines is 1. The van der Waals surface area contributed by atoms with Crippen molar-refractivity contribution in [1.29, 1.82) is 0 Å². The summed E-state index contributed by atoms with van der Waals surface area (Å²) in [5, 5.41) is 3.47. The molecule has 2 aromatic carbocycles. The molecule has 0 spiro atoms. The quantitative estimate of drug-likeness (QED) is 0.541. The Balaban J connectivity index is 1.97. The van der Waals surface area contributed by atoms with Gasteiger partial charge in [-0.25, -0.2) is 0 Å². The molecule has 0 aliphatic carbocycles. The van der Waals surface area contributed by atoms with Crippen LogP contribution in [0.15, 0.2) is 47.4 Å². The van der Waals surface area contributed by atoms with Gasteiger partial charge in [-0.3, -0.25) is 0 Å². The molecule has 117 valence electrons. The van der Waals surface area contributed by atoms with Crippen LogP contribution in [0.2, 0.25) is 0 Å². The Kier molecular flexibility index (Phi) is 6.81. The van der Waals surface area contributed by atoms with Crippen molar-refractivity contribution >= 4 is 17.4 Å². The Labute approximate surface area is 138 Å². The van der Waals surface area contributed by atoms with Crippen LogP contribution in [0.4, 0.5) is 5.69 Å². The minimum Gasteiger partial charge on any atom is -0.385 e. The molecule has 0 aliphatic heterocycles. The van der Waals surface area contributed by atoms with Gasteiger partial charge >= 0.3 is 0 Å². The van der Waals surface area contributed by atoms with Crippen molar-refractivity contribution in [3.05, 3.63) is 48.5 Å². The van der Waals surface area contributed by atoms with Crippen LogP contribution in [0.1, 0.15) is 20.3 Å². The van der Waals surface area contributed by atoms with Crippen LogP contribution in [0, 0.1) is 6.07 Å². The number of thioether (sulfide) groups is 1. The highest BCUT2D eigenvalue weighted by atomic mass is 32.2. The van der Waals surface area contributed by atoms with E-state index in [2.05, 4.69) is 61.8 Å². The van der Waals surface area contributed by atoms with Gasteiger partial charge in [0.15, 0.2) is 0 Å². The molecular formula is C19H24NOS. The van der Waals surface area contributed by atoms with Gasteiger partial charge in [0.1, 0.15) is 0 Å². The topological polar surface area (TPSA) is 21.3 Å². The molecule has 0 bridgehead atoms. The highest BCUT2D eigenvalue weighted by Crippen LogP contribution is 2.32. The SMILES string of the molecule is CSc1cc(NCCCOC(C)C)ccc1-c1cc[c]cc1. The zero-order valence-electron chi connectivity index (χ0n) is 13.6. The number of nitrogens with one attached hydrogen (secondary N) is 1. The van der Waals surface area contributed by atoms with Gasteiger partial charge in [0.25, 0.3) is 0 Å². The Bertz CT molecular complexity index is 569. The molecule has 0 saturated heterocycles. The summed E-state index contributed by atoms with van der Waals surface area (Å²) in [6, 6.07) is 17.7. The lowest BCUT2D eigenvalue weighted by molar-refractivity contribution is 0.0787. The standard InChI is InChI=1S/C19H24NOS/c1-15(2)21-13-7-12-20-17-10-11-18(19(14-17)22-3)16-8-5-4-6-9-16/h5-6,8-11,14-15,20H,7,12-13H2,1-3H3. The van der Waals surface area contributed by atoms with Gasteiger partial charge in [-0.15, -0.1) is 11.8 Å². The molecule has 0 amide bonds. The summed E-state index contributed by atoms with van der Waals surface area (Å²) in [5.41, 5.74) is 3.68. The van der Waals surface area contributed by atoms with Crippen molar-refractivity contribution in [2.45, 2.75) is 31.3 Å². The van der Waals surface area contributed by atoms with Crippen LogP contribution in [-0.2, 0) is 4.74 Å². The fourth-order valence-corrected chi connectivity index (χ4v) is 2.88. The number of benzene rings is 2. The first-order valence-corrected chi connectivity index (χ1v) is 8.93. The van der Waals surface area contributed by atoms with Crippen molar-refractivity contribution in [3.63, 3.8) is 0 Å². The third kappa shape index (κ3) is 5.08. The van der Waals surface area contributed by atoms with Gasteiger partial charge in [-0.05, 0) is 55.9 Å². The molecule has 2 rings (SSSR count). The van der Waals surface area contributed by atoms with E-state index >= 15 is 0 Å². The second-order valence-electron chi connectivity index (χ2n) is 5.40. The van der Waals surface area contributed by atoms with Crippen LogP contribution < -0.4 is 5.32 Å². The van der Waals surface area contributed by atoms with Crippen molar-refractivity contribution in [1.82, 2.24) is 0 Å². The molecule has 22 heavy (non-hydrogen) atoms. The van der Waals surface area contributed by atoms with Crippen molar-refractivity contribution in [2.75, 3.05) is 24.7 Å². The van der Waals surface area contributed by atoms with Gasteiger partial charge in [-0.2, -0.15) is 0 Å². The maximum Gasteiger partial charge on any atom is 0.0518 e. The van der Waals surface area contributed by atoms with E-state index in [0.717, 1.165) is 19.6 Å². The third-order valence-corrected chi connectivity index (χ3v) is 4.11. The van der Waals surface area contributed by atoms with E-state index in [1.54, 1.807) is 11.8 Å². The highest BCUT2D eigenvalue weighted by molar-refractivity contribution is 7.98. The first kappa shape index (κ1) is 16.9. The lowest BCUT2D eigenvalue weighted by Crippen LogP contribution is -2.09. The molecule has 0 heterocycles. The first-order chi connectivity index (χ1) is 10.7. The summed E-state index contributed by atoms with van der Waals surface area (Å²) < 4.78 is 5.55. The van der Waals surface area contributed by atoms with Crippen molar-refractivity contribution in [2.24, 2.45) is 0 Å². The largest absolute Gasteiger partial charge is 0.385 e. The lowest BCUT2D eigenvalue weighted by Gasteiger charge is -2.12. The molecule has 0 atom stereocenters. The maximum absolute atomic E-state index is 5.55. The summed E-state index contributed by atoms with van der Waals surface area (Å²) in [4.78, 5) is 1.29. The monoisotopic (exact) mass is 314 g/mol. The van der Waals surface area contributed by atoms with Crippen LogP contribution >= 0.6 is 11.8 Å². The Morgan fingerprint density at radius 1 is 1.18 bits per heavy atom. The number of hydrogen-bond acceptors (Lipinski definition) is 3. The molecule has 1 radical (unpaired) electrons. The number of rotatable bonds is 8. The Hall–Kier alpha value is -1.45. The fourth-order valence-electron chi connectivity index (χ4n) is 2.23. The zero-order chi connectivity index (χ0) is 15.8. The van der Waals surface area contributed by atoms with E-state index < -0.39 is 0 Å². The molecule has 0 unspecified atom stereocenters. The second kappa shape index (κ2) is 8.86. The average Bonchev–Trinajstić information content (AvgIpc) is 2.55. The Morgan fingerprint density at radius 3 is 2.64 bits per heavy atom. The van der Waals surface area contributed by atoms with Gasteiger partial charge in [0, 0.05) is 23.7 Å². The molecule has 3 heteroatoms. The molecular weight excluding hydrogens is 290 g/mol. The van der Waals surface area contributed by atoms with E-state index in [0.29, 0.717) is 6.10 Å². The highest BCUT2D eigenvalue weighted by Gasteiger charge is 2.05. The van der Waals surface area contributed by atoms with E-state index in [-0.39, 0.29) is 0 Å². The minimum absolute atomic E-state index is 0.311. The number of hydrogen-bond donors (Lipinski definition) is 1. The summed E-state index contributed by atoms with van der Waals surface area (Å²) >= 11 is 1.78. The maximum atomic E-state index is 5.55. The second-order valence-corrected chi connectivity index (χ2v) is 6.25. The zero-order valence-corrected chi connectivity index (χ0v) is 14.4. The molecule has 0 fully saturated rings. The van der Waals surface area contributed by atoms with Gasteiger partial charge < -0.3 is 10.1 Å². The lowest BCUT2D eigenvalue weighted by atomic mass is 10.1. The third-order valence-electron chi connectivity index (χ3n) is 3.33. The van der Waals surface area contributed by atoms with Gasteiger partial charge in [0.2, 0.25) is 0 Å². The molecule has 2 aromatic rings. The van der Waals surface area contributed by atoms with E-state index in [9.17, 15) is 0 Å². The predicted octanol–water partition coefficient (Wildman–Crippen LogP) is 5.10. The van der Waals surface area contributed by atoms with Crippen molar-refractivity contribution < 1.29 is 4.74 Å². The van der Waals surface area contributed by atoms with Crippen LogP contribution in [0.5, 0.6) is 0 Å². The first-order valence-electron chi connectivity index (χ1n) is 7.70. The fraction of sp³-hybridized carbons (Fsp3) is 0.368. The summed E-state index contributed by atoms with van der Waals surface area (Å²) in [6.07, 6.45) is 3.45. The van der Waals surface area contributed by atoms with E-state index in [4.69, 9.17) is 4.74 Å². The van der Waals surface area contributed by atoms with Gasteiger partial charge in [0.05, 0.1) is 6.10 Å². The molecule has 0 saturated carbocycles. The molecule has 2 nitrogen and oxygen atoms in total. The average molecular weight is 314 g/mol.